The van der Waals surface area contributed by atoms with Crippen molar-refractivity contribution in [1.29, 1.82) is 0 Å². The van der Waals surface area contributed by atoms with Crippen molar-refractivity contribution in [1.82, 2.24) is 9.88 Å². The molecule has 0 amide bonds. The third-order valence-electron chi connectivity index (χ3n) is 5.39. The molecule has 142 valence electrons. The summed E-state index contributed by atoms with van der Waals surface area (Å²) in [6, 6.07) is 14.3. The van der Waals surface area contributed by atoms with Crippen molar-refractivity contribution < 1.29 is 9.84 Å². The first-order valence-electron chi connectivity index (χ1n) is 9.41. The third kappa shape index (κ3) is 4.29. The lowest BCUT2D eigenvalue weighted by Crippen LogP contribution is -2.47. The molecule has 0 aliphatic carbocycles. The molecule has 2 heterocycles. The van der Waals surface area contributed by atoms with Crippen molar-refractivity contribution in [3.8, 4) is 5.75 Å². The van der Waals surface area contributed by atoms with Gasteiger partial charge in [-0.05, 0) is 66.6 Å². The zero-order valence-corrected chi connectivity index (χ0v) is 16.3. The van der Waals surface area contributed by atoms with Crippen LogP contribution in [-0.4, -0.2) is 40.3 Å². The molecule has 1 aliphatic heterocycles. The normalized spacial score (nSPS) is 17.3. The van der Waals surface area contributed by atoms with E-state index in [0.29, 0.717) is 23.6 Å². The number of likely N-dealkylation sites (tertiary alicyclic amines) is 1. The third-order valence-corrected chi connectivity index (χ3v) is 5.71. The first-order chi connectivity index (χ1) is 13.0. The number of aliphatic hydroxyl groups is 1. The van der Waals surface area contributed by atoms with E-state index in [1.807, 2.05) is 31.3 Å². The van der Waals surface area contributed by atoms with Gasteiger partial charge in [-0.1, -0.05) is 23.7 Å². The average molecular weight is 385 g/mol. The van der Waals surface area contributed by atoms with Gasteiger partial charge in [-0.3, -0.25) is 4.90 Å². The lowest BCUT2D eigenvalue weighted by molar-refractivity contribution is -0.0537. The van der Waals surface area contributed by atoms with Gasteiger partial charge in [-0.2, -0.15) is 0 Å². The quantitative estimate of drug-likeness (QED) is 0.679. The summed E-state index contributed by atoms with van der Waals surface area (Å²) in [5, 5.41) is 12.7. The number of nitrogens with zero attached hydrogens (tertiary/aromatic N) is 1. The second kappa shape index (κ2) is 7.55. The maximum atomic E-state index is 10.9. The van der Waals surface area contributed by atoms with E-state index in [1.54, 1.807) is 0 Å². The summed E-state index contributed by atoms with van der Waals surface area (Å²) >= 11 is 6.19. The van der Waals surface area contributed by atoms with Crippen molar-refractivity contribution in [2.75, 3.05) is 19.7 Å². The number of hydrogen-bond acceptors (Lipinski definition) is 3. The largest absolute Gasteiger partial charge is 0.489 e. The summed E-state index contributed by atoms with van der Waals surface area (Å²) in [6.45, 7) is 4.89. The zero-order chi connectivity index (χ0) is 18.9. The minimum absolute atomic E-state index is 0.277. The number of nitrogens with one attached hydrogen (secondary N) is 1. The van der Waals surface area contributed by atoms with Gasteiger partial charge in [-0.25, -0.2) is 0 Å². The number of aromatic nitrogens is 1. The minimum Gasteiger partial charge on any atom is -0.489 e. The Morgan fingerprint density at radius 1 is 1.15 bits per heavy atom. The number of benzene rings is 2. The molecule has 0 radical (unpaired) electrons. The van der Waals surface area contributed by atoms with Gasteiger partial charge in [0.25, 0.3) is 0 Å². The molecule has 0 spiro atoms. The molecule has 0 unspecified atom stereocenters. The fraction of sp³-hybridized carbons (Fsp3) is 0.364. The first kappa shape index (κ1) is 18.4. The molecule has 0 bridgehead atoms. The molecule has 3 aromatic rings. The molecule has 2 N–H and O–H groups in total. The SMILES string of the molecule is Cc1ccc(Cl)c(OCC2(O)CCN(Cc3ccc4[nH]ccc4c3)CC2)c1. The minimum atomic E-state index is -0.797. The molecule has 4 nitrogen and oxygen atoms in total. The van der Waals surface area contributed by atoms with E-state index in [2.05, 4.69) is 34.1 Å². The Kier molecular flexibility index (Phi) is 5.13. The van der Waals surface area contributed by atoms with Crippen LogP contribution in [0.1, 0.15) is 24.0 Å². The molecule has 1 aliphatic rings. The van der Waals surface area contributed by atoms with Crippen molar-refractivity contribution in [3.63, 3.8) is 0 Å². The first-order valence-corrected chi connectivity index (χ1v) is 9.78. The van der Waals surface area contributed by atoms with Crippen LogP contribution in [0, 0.1) is 6.92 Å². The van der Waals surface area contributed by atoms with Crippen LogP contribution >= 0.6 is 11.6 Å². The number of H-pyrrole nitrogens is 1. The Labute approximate surface area is 164 Å². The van der Waals surface area contributed by atoms with Crippen LogP contribution < -0.4 is 4.74 Å². The van der Waals surface area contributed by atoms with Gasteiger partial charge < -0.3 is 14.8 Å². The molecular weight excluding hydrogens is 360 g/mol. The summed E-state index contributed by atoms with van der Waals surface area (Å²) in [7, 11) is 0. The molecule has 2 aromatic carbocycles. The number of ether oxygens (including phenoxy) is 1. The van der Waals surface area contributed by atoms with E-state index in [4.69, 9.17) is 16.3 Å². The summed E-state index contributed by atoms with van der Waals surface area (Å²) in [4.78, 5) is 5.62. The summed E-state index contributed by atoms with van der Waals surface area (Å²) in [5.74, 6) is 0.646. The molecule has 27 heavy (non-hydrogen) atoms. The van der Waals surface area contributed by atoms with Crippen LogP contribution in [0.4, 0.5) is 0 Å². The van der Waals surface area contributed by atoms with E-state index in [1.165, 1.54) is 16.5 Å². The second-order valence-electron chi connectivity index (χ2n) is 7.62. The van der Waals surface area contributed by atoms with Gasteiger partial charge in [-0.15, -0.1) is 0 Å². The van der Waals surface area contributed by atoms with E-state index in [0.717, 1.165) is 25.2 Å². The van der Waals surface area contributed by atoms with Crippen molar-refractivity contribution in [2.24, 2.45) is 0 Å². The summed E-state index contributed by atoms with van der Waals surface area (Å²) in [6.07, 6.45) is 3.36. The van der Waals surface area contributed by atoms with Gasteiger partial charge in [0.1, 0.15) is 18.0 Å². The molecular formula is C22H25ClN2O2. The van der Waals surface area contributed by atoms with E-state index in [9.17, 15) is 5.11 Å². The van der Waals surface area contributed by atoms with E-state index in [-0.39, 0.29) is 6.61 Å². The predicted octanol–water partition coefficient (Wildman–Crippen LogP) is 4.54. The molecule has 1 fully saturated rings. The number of fused-ring (bicyclic) bond motifs is 1. The monoisotopic (exact) mass is 384 g/mol. The van der Waals surface area contributed by atoms with Gasteiger partial charge in [0, 0.05) is 31.3 Å². The topological polar surface area (TPSA) is 48.5 Å². The van der Waals surface area contributed by atoms with E-state index >= 15 is 0 Å². The van der Waals surface area contributed by atoms with Crippen molar-refractivity contribution in [2.45, 2.75) is 31.9 Å². The van der Waals surface area contributed by atoms with Gasteiger partial charge in [0.15, 0.2) is 0 Å². The molecule has 0 saturated carbocycles. The van der Waals surface area contributed by atoms with Crippen LogP contribution in [-0.2, 0) is 6.54 Å². The van der Waals surface area contributed by atoms with Crippen LogP contribution in [0.2, 0.25) is 5.02 Å². The Balaban J connectivity index is 1.32. The highest BCUT2D eigenvalue weighted by molar-refractivity contribution is 6.32. The maximum Gasteiger partial charge on any atom is 0.138 e. The lowest BCUT2D eigenvalue weighted by Gasteiger charge is -2.38. The molecule has 0 atom stereocenters. The number of aryl methyl sites for hydroxylation is 1. The number of halogens is 1. The Bertz CT molecular complexity index is 929. The number of aromatic amines is 1. The highest BCUT2D eigenvalue weighted by atomic mass is 35.5. The molecule has 1 aromatic heterocycles. The summed E-state index contributed by atoms with van der Waals surface area (Å²) in [5.41, 5.74) is 2.76. The van der Waals surface area contributed by atoms with Crippen molar-refractivity contribution >= 4 is 22.5 Å². The lowest BCUT2D eigenvalue weighted by atomic mass is 9.92. The predicted molar refractivity (Wildman–Crippen MR) is 109 cm³/mol. The number of rotatable bonds is 5. The van der Waals surface area contributed by atoms with Crippen molar-refractivity contribution in [3.05, 3.63) is 64.8 Å². The van der Waals surface area contributed by atoms with E-state index < -0.39 is 5.60 Å². The van der Waals surface area contributed by atoms with Gasteiger partial charge >= 0.3 is 0 Å². The Morgan fingerprint density at radius 3 is 2.78 bits per heavy atom. The number of hydrogen-bond donors (Lipinski definition) is 2. The highest BCUT2D eigenvalue weighted by Crippen LogP contribution is 2.29. The zero-order valence-electron chi connectivity index (χ0n) is 15.5. The maximum absolute atomic E-state index is 10.9. The Hall–Kier alpha value is -2.01. The fourth-order valence-corrected chi connectivity index (χ4v) is 3.84. The fourth-order valence-electron chi connectivity index (χ4n) is 3.66. The standard InChI is InChI=1S/C22H25ClN2O2/c1-16-2-4-19(23)21(12-16)27-15-22(26)7-10-25(11-8-22)14-17-3-5-20-18(13-17)6-9-24-20/h2-6,9,12-13,24,26H,7-8,10-11,14-15H2,1H3. The van der Waals surface area contributed by atoms with Crippen LogP contribution in [0.25, 0.3) is 10.9 Å². The average Bonchev–Trinajstić information content (AvgIpc) is 3.12. The van der Waals surface area contributed by atoms with Crippen LogP contribution in [0.5, 0.6) is 5.75 Å². The molecule has 5 heteroatoms. The van der Waals surface area contributed by atoms with Gasteiger partial charge in [0.05, 0.1) is 5.02 Å². The smallest absolute Gasteiger partial charge is 0.138 e. The number of piperidine rings is 1. The van der Waals surface area contributed by atoms with Crippen LogP contribution in [0.15, 0.2) is 48.7 Å². The summed E-state index contributed by atoms with van der Waals surface area (Å²) < 4.78 is 5.85. The highest BCUT2D eigenvalue weighted by Gasteiger charge is 2.33. The molecule has 4 rings (SSSR count). The Morgan fingerprint density at radius 2 is 1.96 bits per heavy atom. The van der Waals surface area contributed by atoms with Crippen LogP contribution in [0.3, 0.4) is 0 Å². The second-order valence-corrected chi connectivity index (χ2v) is 8.03. The molecule has 1 saturated heterocycles. The van der Waals surface area contributed by atoms with Gasteiger partial charge in [0.2, 0.25) is 0 Å².